The van der Waals surface area contributed by atoms with Gasteiger partial charge in [-0.25, -0.2) is 24.9 Å². The lowest BCUT2D eigenvalue weighted by molar-refractivity contribution is -0.137. The van der Waals surface area contributed by atoms with Crippen LogP contribution in [0.1, 0.15) is 43.7 Å². The molecule has 1 atom stereocenters. The van der Waals surface area contributed by atoms with Crippen LogP contribution in [0.3, 0.4) is 0 Å². The van der Waals surface area contributed by atoms with E-state index in [4.69, 9.17) is 16.3 Å². The molecule has 0 fully saturated rings. The number of amides is 2. The molecule has 202 valence electrons. The van der Waals surface area contributed by atoms with Crippen LogP contribution in [-0.4, -0.2) is 43.8 Å². The number of carbonyl (C=O) groups is 2. The number of halogens is 4. The minimum absolute atomic E-state index is 0.0611. The van der Waals surface area contributed by atoms with Gasteiger partial charge in [0, 0.05) is 18.5 Å². The van der Waals surface area contributed by atoms with E-state index in [2.05, 4.69) is 40.9 Å². The van der Waals surface area contributed by atoms with Crippen LogP contribution in [0, 0.1) is 0 Å². The highest BCUT2D eigenvalue weighted by Crippen LogP contribution is 2.35. The number of carbonyl (C=O) groups excluding carboxylic acids is 2. The Morgan fingerprint density at radius 3 is 2.59 bits per heavy atom. The summed E-state index contributed by atoms with van der Waals surface area (Å²) in [5.41, 5.74) is -0.528. The van der Waals surface area contributed by atoms with Crippen molar-refractivity contribution in [2.45, 2.75) is 19.1 Å². The smallest absolute Gasteiger partial charge is 0.418 e. The number of hydrogen-bond acceptors (Lipinski definition) is 10. The second-order valence-corrected chi connectivity index (χ2v) is 9.20. The number of rotatable bonds is 8. The number of anilines is 3. The van der Waals surface area contributed by atoms with Gasteiger partial charge in [-0.15, -0.1) is 11.3 Å². The summed E-state index contributed by atoms with van der Waals surface area (Å²) >= 11 is 6.51. The molecule has 0 aliphatic carbocycles. The zero-order valence-electron chi connectivity index (χ0n) is 20.1. The van der Waals surface area contributed by atoms with Crippen LogP contribution < -0.4 is 20.7 Å². The van der Waals surface area contributed by atoms with Gasteiger partial charge < -0.3 is 20.7 Å². The van der Waals surface area contributed by atoms with E-state index in [1.807, 2.05) is 0 Å². The minimum Gasteiger partial charge on any atom is -0.480 e. The Morgan fingerprint density at radius 1 is 1.05 bits per heavy atom. The Kier molecular flexibility index (Phi) is 8.21. The van der Waals surface area contributed by atoms with E-state index in [1.165, 1.54) is 25.7 Å². The van der Waals surface area contributed by atoms with E-state index in [-0.39, 0.29) is 16.4 Å². The lowest BCUT2D eigenvalue weighted by Crippen LogP contribution is -2.27. The molecule has 0 saturated heterocycles. The van der Waals surface area contributed by atoms with Gasteiger partial charge in [-0.2, -0.15) is 13.2 Å². The number of nitrogens with zero attached hydrogens (tertiary/aromatic N) is 5. The van der Waals surface area contributed by atoms with Gasteiger partial charge in [-0.1, -0.05) is 11.6 Å². The van der Waals surface area contributed by atoms with Crippen LogP contribution in [0.25, 0.3) is 0 Å². The fraction of sp³-hybridized carbons (Fsp3) is 0.174. The molecule has 39 heavy (non-hydrogen) atoms. The van der Waals surface area contributed by atoms with Crippen molar-refractivity contribution in [1.82, 2.24) is 30.2 Å². The highest BCUT2D eigenvalue weighted by atomic mass is 35.5. The van der Waals surface area contributed by atoms with Crippen molar-refractivity contribution < 1.29 is 27.5 Å². The van der Waals surface area contributed by atoms with Crippen LogP contribution >= 0.6 is 22.9 Å². The highest BCUT2D eigenvalue weighted by molar-refractivity contribution is 7.13. The summed E-state index contributed by atoms with van der Waals surface area (Å²) in [6.45, 7) is 1.65. The van der Waals surface area contributed by atoms with Gasteiger partial charge in [0.15, 0.2) is 0 Å². The number of alkyl halides is 3. The number of aromatic nitrogens is 5. The van der Waals surface area contributed by atoms with E-state index < -0.39 is 34.6 Å². The summed E-state index contributed by atoms with van der Waals surface area (Å²) in [6, 6.07) is 4.88. The third-order valence-electron chi connectivity index (χ3n) is 4.99. The largest absolute Gasteiger partial charge is 0.480 e. The van der Waals surface area contributed by atoms with Crippen LogP contribution in [0.5, 0.6) is 5.88 Å². The maximum absolute atomic E-state index is 13.1. The first-order chi connectivity index (χ1) is 18.5. The van der Waals surface area contributed by atoms with Crippen LogP contribution in [0.15, 0.2) is 49.2 Å². The van der Waals surface area contributed by atoms with Crippen molar-refractivity contribution in [3.8, 4) is 5.88 Å². The first kappa shape index (κ1) is 27.7. The molecule has 11 nitrogen and oxygen atoms in total. The summed E-state index contributed by atoms with van der Waals surface area (Å²) in [7, 11) is 1.47. The predicted molar refractivity (Wildman–Crippen MR) is 136 cm³/mol. The Labute approximate surface area is 227 Å². The maximum Gasteiger partial charge on any atom is 0.418 e. The standard InChI is InChI=1S/C23H18ClF3N8O3S/c1-11(33-19(36)15-7-18(32-10-31-15)34-14-4-3-5-28-21(14)38-2)22-30-9-16(39-22)20(37)35-17-6-12(23(25,26)27)13(24)8-29-17/h3-11H,1-2H3,(H,33,36)(H,29,35,37)(H,31,32,34). The molecule has 0 radical (unpaired) electrons. The molecule has 0 bridgehead atoms. The molecular weight excluding hydrogens is 561 g/mol. The van der Waals surface area contributed by atoms with E-state index in [0.717, 1.165) is 17.5 Å². The highest BCUT2D eigenvalue weighted by Gasteiger charge is 2.34. The zero-order chi connectivity index (χ0) is 28.2. The molecule has 0 spiro atoms. The third-order valence-corrected chi connectivity index (χ3v) is 6.47. The molecule has 4 aromatic heterocycles. The third kappa shape index (κ3) is 6.74. The molecule has 4 heterocycles. The summed E-state index contributed by atoms with van der Waals surface area (Å²) in [5, 5.41) is 7.81. The molecule has 1 unspecified atom stereocenters. The lowest BCUT2D eigenvalue weighted by atomic mass is 10.2. The Bertz CT molecular complexity index is 1520. The van der Waals surface area contributed by atoms with Crippen LogP contribution in [0.4, 0.5) is 30.5 Å². The monoisotopic (exact) mass is 578 g/mol. The molecule has 3 N–H and O–H groups in total. The second-order valence-electron chi connectivity index (χ2n) is 7.73. The molecule has 2 amide bonds. The zero-order valence-corrected chi connectivity index (χ0v) is 21.6. The van der Waals surface area contributed by atoms with Gasteiger partial charge in [0.25, 0.3) is 11.8 Å². The number of thiazole rings is 1. The molecule has 0 aliphatic rings. The van der Waals surface area contributed by atoms with Gasteiger partial charge in [0.1, 0.15) is 39.2 Å². The molecule has 0 saturated carbocycles. The van der Waals surface area contributed by atoms with Crippen molar-refractivity contribution >= 4 is 52.1 Å². The summed E-state index contributed by atoms with van der Waals surface area (Å²) in [4.78, 5) is 45.5. The minimum atomic E-state index is -4.71. The fourth-order valence-electron chi connectivity index (χ4n) is 3.16. The van der Waals surface area contributed by atoms with E-state index in [9.17, 15) is 22.8 Å². The van der Waals surface area contributed by atoms with Crippen LogP contribution in [0.2, 0.25) is 5.02 Å². The van der Waals surface area contributed by atoms with Gasteiger partial charge in [0.2, 0.25) is 5.88 Å². The molecule has 0 aliphatic heterocycles. The normalized spacial score (nSPS) is 11.9. The fourth-order valence-corrected chi connectivity index (χ4v) is 4.19. The number of hydrogen-bond donors (Lipinski definition) is 3. The van der Waals surface area contributed by atoms with E-state index in [1.54, 1.807) is 25.3 Å². The van der Waals surface area contributed by atoms with Gasteiger partial charge >= 0.3 is 6.18 Å². The predicted octanol–water partition coefficient (Wildman–Crippen LogP) is 4.89. The topological polar surface area (TPSA) is 144 Å². The van der Waals surface area contributed by atoms with Crippen molar-refractivity contribution in [2.24, 2.45) is 0 Å². The van der Waals surface area contributed by atoms with Crippen LogP contribution in [-0.2, 0) is 6.18 Å². The Hall–Kier alpha value is -4.37. The SMILES string of the molecule is COc1ncccc1Nc1cc(C(=O)NC(C)c2ncc(C(=O)Nc3cc(C(F)(F)F)c(Cl)cn3)s2)ncn1. The number of ether oxygens (including phenoxy) is 1. The van der Waals surface area contributed by atoms with Gasteiger partial charge in [-0.3, -0.25) is 9.59 Å². The average Bonchev–Trinajstić information content (AvgIpc) is 3.40. The van der Waals surface area contributed by atoms with Crippen molar-refractivity contribution in [3.63, 3.8) is 0 Å². The molecule has 4 aromatic rings. The molecule has 4 rings (SSSR count). The summed E-state index contributed by atoms with van der Waals surface area (Å²) in [5.74, 6) is -0.918. The molecule has 0 aromatic carbocycles. The quantitative estimate of drug-likeness (QED) is 0.266. The first-order valence-corrected chi connectivity index (χ1v) is 12.1. The maximum atomic E-state index is 13.1. The van der Waals surface area contributed by atoms with Gasteiger partial charge in [-0.05, 0) is 25.1 Å². The number of pyridine rings is 2. The summed E-state index contributed by atoms with van der Waals surface area (Å²) in [6.07, 6.45) is 0.113. The Balaban J connectivity index is 1.41. The molecule has 16 heteroatoms. The van der Waals surface area contributed by atoms with E-state index in [0.29, 0.717) is 28.5 Å². The van der Waals surface area contributed by atoms with Crippen molar-refractivity contribution in [1.29, 1.82) is 0 Å². The van der Waals surface area contributed by atoms with Crippen molar-refractivity contribution in [3.05, 3.63) is 75.3 Å². The summed E-state index contributed by atoms with van der Waals surface area (Å²) < 4.78 is 44.4. The van der Waals surface area contributed by atoms with Gasteiger partial charge in [0.05, 0.1) is 29.9 Å². The number of methoxy groups -OCH3 is 1. The van der Waals surface area contributed by atoms with Crippen molar-refractivity contribution in [2.75, 3.05) is 17.7 Å². The second kappa shape index (κ2) is 11.6. The number of nitrogens with one attached hydrogen (secondary N) is 3. The molecular formula is C23H18ClF3N8O3S. The van der Waals surface area contributed by atoms with E-state index >= 15 is 0 Å². The Morgan fingerprint density at radius 2 is 1.85 bits per heavy atom. The lowest BCUT2D eigenvalue weighted by Gasteiger charge is -2.12. The first-order valence-electron chi connectivity index (χ1n) is 10.9. The average molecular weight is 579 g/mol.